The molecule has 5 aliphatic rings. The molecule has 202 valence electrons. The summed E-state index contributed by atoms with van der Waals surface area (Å²) in [5.41, 5.74) is 2.16. The quantitative estimate of drug-likeness (QED) is 0.300. The summed E-state index contributed by atoms with van der Waals surface area (Å²) in [5, 5.41) is 11.1. The Morgan fingerprint density at radius 2 is 1.56 bits per heavy atom. The van der Waals surface area contributed by atoms with Gasteiger partial charge in [0.2, 0.25) is 0 Å². The summed E-state index contributed by atoms with van der Waals surface area (Å²) in [5.74, 6) is 0.0654. The van der Waals surface area contributed by atoms with E-state index in [1.165, 1.54) is 50.2 Å². The normalized spacial score (nSPS) is 28.7. The first-order valence-corrected chi connectivity index (χ1v) is 14.6. The van der Waals surface area contributed by atoms with Crippen molar-refractivity contribution in [3.63, 3.8) is 0 Å². The van der Waals surface area contributed by atoms with Crippen LogP contribution in [0, 0.1) is 17.8 Å². The van der Waals surface area contributed by atoms with E-state index in [0.29, 0.717) is 20.2 Å². The Kier molecular flexibility index (Phi) is 6.66. The molecule has 4 saturated carbocycles. The lowest BCUT2D eigenvalue weighted by molar-refractivity contribution is -0.139. The van der Waals surface area contributed by atoms with Gasteiger partial charge in [0, 0.05) is 0 Å². The molecule has 39 heavy (non-hydrogen) atoms. The van der Waals surface area contributed by atoms with Crippen LogP contribution in [0.25, 0.3) is 6.08 Å². The highest BCUT2D eigenvalue weighted by Gasteiger charge is 2.51. The number of carboxylic acid groups (broad SMARTS) is 1. The molecular formula is C29H26Br2N2O6. The number of imide groups is 2. The van der Waals surface area contributed by atoms with Crippen LogP contribution in [-0.4, -0.2) is 35.5 Å². The Morgan fingerprint density at radius 3 is 2.10 bits per heavy atom. The number of carbonyl (C=O) groups excluding carboxylic acids is 3. The van der Waals surface area contributed by atoms with Gasteiger partial charge in [-0.3, -0.25) is 14.9 Å². The fourth-order valence-electron chi connectivity index (χ4n) is 7.42. The molecule has 7 rings (SSSR count). The van der Waals surface area contributed by atoms with Crippen LogP contribution in [0.2, 0.25) is 0 Å². The standard InChI is InChI=1S/C29H26Br2N2O6/c30-22-9-15(10-23(31)25(22)39-14-24(34)35)8-21-26(36)32-28(38)33(27(21)37)20-3-1-19(2-4-20)29-11-16-5-17(12-29)7-18(6-16)13-29/h1-4,8-10,16-18H,5-7,11-14H2,(H,34,35)(H,32,36,38)/b21-8+. The number of anilines is 1. The van der Waals surface area contributed by atoms with Gasteiger partial charge in [0.15, 0.2) is 6.61 Å². The van der Waals surface area contributed by atoms with Crippen LogP contribution >= 0.6 is 31.9 Å². The van der Waals surface area contributed by atoms with E-state index >= 15 is 0 Å². The summed E-state index contributed by atoms with van der Waals surface area (Å²) in [6, 6.07) is 10.1. The minimum atomic E-state index is -1.12. The Morgan fingerprint density at radius 1 is 1.00 bits per heavy atom. The molecule has 1 aliphatic heterocycles. The Balaban J connectivity index is 1.26. The monoisotopic (exact) mass is 656 g/mol. The van der Waals surface area contributed by atoms with Crippen molar-refractivity contribution in [3.05, 3.63) is 62.0 Å². The van der Waals surface area contributed by atoms with Gasteiger partial charge in [-0.05, 0) is 135 Å². The second-order valence-electron chi connectivity index (χ2n) is 11.2. The fraction of sp³-hybridized carbons (Fsp3) is 0.379. The maximum Gasteiger partial charge on any atom is 0.341 e. The number of nitrogens with one attached hydrogen (secondary N) is 1. The zero-order valence-corrected chi connectivity index (χ0v) is 24.1. The number of hydrogen-bond donors (Lipinski definition) is 2. The number of carbonyl (C=O) groups is 4. The van der Waals surface area contributed by atoms with Gasteiger partial charge in [-0.1, -0.05) is 12.1 Å². The van der Waals surface area contributed by atoms with E-state index < -0.39 is 30.4 Å². The summed E-state index contributed by atoms with van der Waals surface area (Å²) in [6.07, 6.45) is 9.10. The van der Waals surface area contributed by atoms with Crippen molar-refractivity contribution < 1.29 is 29.0 Å². The third kappa shape index (κ3) is 4.82. The maximum atomic E-state index is 13.4. The lowest BCUT2D eigenvalue weighted by atomic mass is 9.48. The second kappa shape index (κ2) is 9.89. The molecule has 4 aliphatic carbocycles. The van der Waals surface area contributed by atoms with Gasteiger partial charge in [-0.25, -0.2) is 14.5 Å². The predicted octanol–water partition coefficient (Wildman–Crippen LogP) is 5.81. The van der Waals surface area contributed by atoms with Crippen LogP contribution in [0.3, 0.4) is 0 Å². The molecule has 0 radical (unpaired) electrons. The summed E-state index contributed by atoms with van der Waals surface area (Å²) < 4.78 is 6.14. The number of ether oxygens (including phenoxy) is 1. The summed E-state index contributed by atoms with van der Waals surface area (Å²) in [4.78, 5) is 50.7. The van der Waals surface area contributed by atoms with Crippen LogP contribution in [0.1, 0.15) is 49.7 Å². The van der Waals surface area contributed by atoms with Crippen LogP contribution < -0.4 is 15.0 Å². The van der Waals surface area contributed by atoms with Crippen molar-refractivity contribution in [2.75, 3.05) is 11.5 Å². The number of halogens is 2. The number of barbiturate groups is 1. The smallest absolute Gasteiger partial charge is 0.341 e. The molecule has 10 heteroatoms. The number of amides is 4. The third-order valence-electron chi connectivity index (χ3n) is 8.55. The van der Waals surface area contributed by atoms with Crippen LogP contribution in [-0.2, 0) is 19.8 Å². The Bertz CT molecular complexity index is 1380. The third-order valence-corrected chi connectivity index (χ3v) is 9.73. The zero-order chi connectivity index (χ0) is 27.5. The first kappa shape index (κ1) is 26.3. The second-order valence-corrected chi connectivity index (χ2v) is 12.9. The molecule has 0 spiro atoms. The molecule has 2 N–H and O–H groups in total. The van der Waals surface area contributed by atoms with E-state index in [1.54, 1.807) is 24.3 Å². The van der Waals surface area contributed by atoms with Gasteiger partial charge in [0.1, 0.15) is 11.3 Å². The van der Waals surface area contributed by atoms with Crippen molar-refractivity contribution in [3.8, 4) is 5.75 Å². The van der Waals surface area contributed by atoms with Crippen molar-refractivity contribution in [1.82, 2.24) is 5.32 Å². The lowest BCUT2D eigenvalue weighted by Gasteiger charge is -2.57. The van der Waals surface area contributed by atoms with E-state index in [0.717, 1.165) is 22.7 Å². The molecule has 0 aromatic heterocycles. The minimum absolute atomic E-state index is 0.197. The molecular weight excluding hydrogens is 632 g/mol. The number of rotatable bonds is 6. The molecule has 1 heterocycles. The fourth-order valence-corrected chi connectivity index (χ4v) is 8.87. The van der Waals surface area contributed by atoms with Crippen LogP contribution in [0.4, 0.5) is 10.5 Å². The molecule has 4 amide bonds. The van der Waals surface area contributed by atoms with Gasteiger partial charge >= 0.3 is 12.0 Å². The number of carboxylic acids is 1. The summed E-state index contributed by atoms with van der Waals surface area (Å²) in [7, 11) is 0. The van der Waals surface area contributed by atoms with Crippen LogP contribution in [0.15, 0.2) is 50.9 Å². The predicted molar refractivity (Wildman–Crippen MR) is 150 cm³/mol. The molecule has 0 unspecified atom stereocenters. The SMILES string of the molecule is O=C(O)COc1c(Br)cc(/C=C2\C(=O)NC(=O)N(c3ccc(C45CC6CC(CC(C6)C4)C5)cc3)C2=O)cc1Br. The lowest BCUT2D eigenvalue weighted by Crippen LogP contribution is -2.54. The highest BCUT2D eigenvalue weighted by atomic mass is 79.9. The van der Waals surface area contributed by atoms with Crippen molar-refractivity contribution in [1.29, 1.82) is 0 Å². The number of hydrogen-bond acceptors (Lipinski definition) is 5. The first-order valence-electron chi connectivity index (χ1n) is 13.0. The minimum Gasteiger partial charge on any atom is -0.480 e. The van der Waals surface area contributed by atoms with E-state index in [2.05, 4.69) is 37.2 Å². The molecule has 4 bridgehead atoms. The van der Waals surface area contributed by atoms with E-state index in [4.69, 9.17) is 9.84 Å². The van der Waals surface area contributed by atoms with Crippen molar-refractivity contribution in [2.45, 2.75) is 43.9 Å². The van der Waals surface area contributed by atoms with Crippen molar-refractivity contribution in [2.24, 2.45) is 17.8 Å². The molecule has 1 saturated heterocycles. The van der Waals surface area contributed by atoms with E-state index in [9.17, 15) is 19.2 Å². The Hall–Kier alpha value is -2.98. The van der Waals surface area contributed by atoms with Gasteiger partial charge in [0.05, 0.1) is 14.6 Å². The average Bonchev–Trinajstić information content (AvgIpc) is 2.85. The molecule has 8 nitrogen and oxygen atoms in total. The molecule has 5 fully saturated rings. The van der Waals surface area contributed by atoms with E-state index in [1.807, 2.05) is 12.1 Å². The zero-order valence-electron chi connectivity index (χ0n) is 20.9. The number of aliphatic carboxylic acids is 1. The average molecular weight is 658 g/mol. The molecule has 2 aromatic rings. The Labute approximate surface area is 242 Å². The van der Waals surface area contributed by atoms with Gasteiger partial charge in [-0.2, -0.15) is 0 Å². The highest BCUT2D eigenvalue weighted by molar-refractivity contribution is 9.11. The van der Waals surface area contributed by atoms with Crippen molar-refractivity contribution >= 4 is 67.4 Å². The summed E-state index contributed by atoms with van der Waals surface area (Å²) in [6.45, 7) is -0.531. The van der Waals surface area contributed by atoms with Gasteiger partial charge in [-0.15, -0.1) is 0 Å². The van der Waals surface area contributed by atoms with Crippen LogP contribution in [0.5, 0.6) is 5.75 Å². The summed E-state index contributed by atoms with van der Waals surface area (Å²) >= 11 is 6.68. The first-order chi connectivity index (χ1) is 18.6. The topological polar surface area (TPSA) is 113 Å². The maximum absolute atomic E-state index is 13.4. The number of urea groups is 1. The van der Waals surface area contributed by atoms with Gasteiger partial charge in [0.25, 0.3) is 11.8 Å². The number of benzene rings is 2. The number of nitrogens with zero attached hydrogens (tertiary/aromatic N) is 1. The highest BCUT2D eigenvalue weighted by Crippen LogP contribution is 2.60. The van der Waals surface area contributed by atoms with E-state index in [-0.39, 0.29) is 16.7 Å². The largest absolute Gasteiger partial charge is 0.480 e. The molecule has 0 atom stereocenters. The van der Waals surface area contributed by atoms with Gasteiger partial charge < -0.3 is 9.84 Å². The molecule has 2 aromatic carbocycles.